The third-order valence-electron chi connectivity index (χ3n) is 2.83. The van der Waals surface area contributed by atoms with Gasteiger partial charge in [0.2, 0.25) is 5.91 Å². The number of halogens is 4. The van der Waals surface area contributed by atoms with E-state index in [2.05, 4.69) is 5.32 Å². The number of hydrogen-bond donors (Lipinski definition) is 1. The first-order chi connectivity index (χ1) is 10.8. The van der Waals surface area contributed by atoms with E-state index >= 15 is 0 Å². The minimum atomic E-state index is -4.53. The Kier molecular flexibility index (Phi) is 5.43. The number of carbonyl (C=O) groups is 1. The van der Waals surface area contributed by atoms with E-state index in [1.54, 1.807) is 24.3 Å². The van der Waals surface area contributed by atoms with E-state index in [0.717, 1.165) is 18.2 Å². The molecule has 1 amide bonds. The van der Waals surface area contributed by atoms with E-state index in [-0.39, 0.29) is 4.90 Å². The molecule has 0 heterocycles. The van der Waals surface area contributed by atoms with Crippen LogP contribution >= 0.6 is 11.6 Å². The van der Waals surface area contributed by atoms with E-state index in [1.165, 1.54) is 6.07 Å². The minimum Gasteiger partial charge on any atom is -0.324 e. The summed E-state index contributed by atoms with van der Waals surface area (Å²) in [6.45, 7) is 0. The van der Waals surface area contributed by atoms with Crippen molar-refractivity contribution < 1.29 is 22.2 Å². The molecular weight excluding hydrogens is 351 g/mol. The van der Waals surface area contributed by atoms with Crippen LogP contribution in [0.5, 0.6) is 0 Å². The molecule has 122 valence electrons. The zero-order chi connectivity index (χ0) is 17.0. The van der Waals surface area contributed by atoms with Gasteiger partial charge in [-0.15, -0.1) is 0 Å². The summed E-state index contributed by atoms with van der Waals surface area (Å²) in [5.74, 6) is -1.07. The van der Waals surface area contributed by atoms with E-state index in [1.807, 2.05) is 0 Å². The van der Waals surface area contributed by atoms with Crippen molar-refractivity contribution in [3.8, 4) is 0 Å². The lowest BCUT2D eigenvalue weighted by Gasteiger charge is -2.09. The average molecular weight is 362 g/mol. The fourth-order valence-corrected chi connectivity index (χ4v) is 2.91. The molecule has 1 atom stereocenters. The summed E-state index contributed by atoms with van der Waals surface area (Å²) >= 11 is 5.88. The fraction of sp³-hybridized carbons (Fsp3) is 0.133. The number of carbonyl (C=O) groups excluding carboxylic acids is 1. The maximum atomic E-state index is 12.6. The standard InChI is InChI=1S/C15H11ClF3NO2S/c16-12-6-1-2-7-13(12)20-14(21)9-23(22)11-5-3-4-10(8-11)15(17,18)19/h1-8H,9H2,(H,20,21)/t23-/m1/s1. The normalized spacial score (nSPS) is 12.7. The Morgan fingerprint density at radius 2 is 1.83 bits per heavy atom. The molecule has 8 heteroatoms. The van der Waals surface area contributed by atoms with Gasteiger partial charge in [0.1, 0.15) is 5.75 Å². The molecule has 3 nitrogen and oxygen atoms in total. The molecule has 23 heavy (non-hydrogen) atoms. The highest BCUT2D eigenvalue weighted by Crippen LogP contribution is 2.30. The number of anilines is 1. The van der Waals surface area contributed by atoms with Gasteiger partial charge in [-0.3, -0.25) is 9.00 Å². The summed E-state index contributed by atoms with van der Waals surface area (Å²) in [6.07, 6.45) is -4.53. The minimum absolute atomic E-state index is 0.0610. The van der Waals surface area contributed by atoms with Crippen LogP contribution in [0.3, 0.4) is 0 Å². The second-order valence-electron chi connectivity index (χ2n) is 4.54. The number of benzene rings is 2. The van der Waals surface area contributed by atoms with Crippen molar-refractivity contribution in [2.24, 2.45) is 0 Å². The molecule has 2 rings (SSSR count). The predicted octanol–water partition coefficient (Wildman–Crippen LogP) is 4.11. The van der Waals surface area contributed by atoms with Crippen LogP contribution in [0.4, 0.5) is 18.9 Å². The second kappa shape index (κ2) is 7.14. The van der Waals surface area contributed by atoms with Crippen molar-refractivity contribution >= 4 is 34.0 Å². The first-order valence-electron chi connectivity index (χ1n) is 6.37. The Balaban J connectivity index is 2.07. The Morgan fingerprint density at radius 3 is 2.48 bits per heavy atom. The van der Waals surface area contributed by atoms with Crippen molar-refractivity contribution in [2.45, 2.75) is 11.1 Å². The SMILES string of the molecule is O=C(C[S@@](=O)c1cccc(C(F)(F)F)c1)Nc1ccccc1Cl. The van der Waals surface area contributed by atoms with E-state index in [9.17, 15) is 22.2 Å². The Hall–Kier alpha value is -1.86. The van der Waals surface area contributed by atoms with Crippen LogP contribution in [0.2, 0.25) is 5.02 Å². The average Bonchev–Trinajstić information content (AvgIpc) is 2.49. The quantitative estimate of drug-likeness (QED) is 0.891. The van der Waals surface area contributed by atoms with Gasteiger partial charge in [-0.2, -0.15) is 13.2 Å². The molecule has 2 aromatic carbocycles. The lowest BCUT2D eigenvalue weighted by Crippen LogP contribution is -2.20. The number of nitrogens with one attached hydrogen (secondary N) is 1. The summed E-state index contributed by atoms with van der Waals surface area (Å²) in [6, 6.07) is 10.6. The third kappa shape index (κ3) is 4.80. The van der Waals surface area contributed by atoms with Crippen LogP contribution in [-0.2, 0) is 21.8 Å². The zero-order valence-corrected chi connectivity index (χ0v) is 13.1. The van der Waals surface area contributed by atoms with Gasteiger partial charge < -0.3 is 5.32 Å². The van der Waals surface area contributed by atoms with Crippen LogP contribution in [0.1, 0.15) is 5.56 Å². The molecule has 0 aromatic heterocycles. The molecule has 0 fully saturated rings. The van der Waals surface area contributed by atoms with Crippen molar-refractivity contribution in [2.75, 3.05) is 11.1 Å². The van der Waals surface area contributed by atoms with Gasteiger partial charge >= 0.3 is 6.18 Å². The summed E-state index contributed by atoms with van der Waals surface area (Å²) in [5, 5.41) is 2.78. The summed E-state index contributed by atoms with van der Waals surface area (Å²) in [7, 11) is -1.89. The van der Waals surface area contributed by atoms with Gasteiger partial charge in [0.05, 0.1) is 27.1 Å². The first-order valence-corrected chi connectivity index (χ1v) is 8.07. The maximum Gasteiger partial charge on any atom is 0.416 e. The van der Waals surface area contributed by atoms with Crippen LogP contribution < -0.4 is 5.32 Å². The van der Waals surface area contributed by atoms with Crippen molar-refractivity contribution in [1.82, 2.24) is 0 Å². The van der Waals surface area contributed by atoms with Crippen molar-refractivity contribution in [1.29, 1.82) is 0 Å². The number of alkyl halides is 3. The Bertz CT molecular complexity index is 749. The molecule has 0 unspecified atom stereocenters. The monoisotopic (exact) mass is 361 g/mol. The van der Waals surface area contributed by atoms with Crippen LogP contribution in [-0.4, -0.2) is 15.9 Å². The van der Waals surface area contributed by atoms with Gasteiger partial charge in [-0.25, -0.2) is 0 Å². The van der Waals surface area contributed by atoms with Gasteiger partial charge in [0, 0.05) is 4.90 Å². The molecule has 0 aliphatic carbocycles. The second-order valence-corrected chi connectivity index (χ2v) is 6.40. The number of para-hydroxylation sites is 1. The smallest absolute Gasteiger partial charge is 0.324 e. The highest BCUT2D eigenvalue weighted by atomic mass is 35.5. The third-order valence-corrected chi connectivity index (χ3v) is 4.47. The largest absolute Gasteiger partial charge is 0.416 e. The molecule has 0 aliphatic heterocycles. The van der Waals surface area contributed by atoms with Crippen molar-refractivity contribution in [3.05, 3.63) is 59.1 Å². The number of amides is 1. The van der Waals surface area contributed by atoms with Gasteiger partial charge in [-0.1, -0.05) is 29.8 Å². The highest BCUT2D eigenvalue weighted by molar-refractivity contribution is 7.85. The predicted molar refractivity (Wildman–Crippen MR) is 82.8 cm³/mol. The van der Waals surface area contributed by atoms with Crippen LogP contribution in [0.15, 0.2) is 53.4 Å². The highest BCUT2D eigenvalue weighted by Gasteiger charge is 2.30. The molecule has 1 N–H and O–H groups in total. The van der Waals surface area contributed by atoms with Crippen LogP contribution in [0.25, 0.3) is 0 Å². The first kappa shape index (κ1) is 17.5. The summed E-state index contributed by atoms with van der Waals surface area (Å²) < 4.78 is 50.0. The number of rotatable bonds is 4. The van der Waals surface area contributed by atoms with E-state index < -0.39 is 34.2 Å². The zero-order valence-electron chi connectivity index (χ0n) is 11.6. The summed E-state index contributed by atoms with van der Waals surface area (Å²) in [5.41, 5.74) is -0.560. The van der Waals surface area contributed by atoms with Gasteiger partial charge in [-0.05, 0) is 30.3 Å². The topological polar surface area (TPSA) is 46.2 Å². The lowest BCUT2D eigenvalue weighted by molar-refractivity contribution is -0.137. The lowest BCUT2D eigenvalue weighted by atomic mass is 10.2. The molecule has 0 saturated heterocycles. The summed E-state index contributed by atoms with van der Waals surface area (Å²) in [4.78, 5) is 11.8. The molecule has 0 saturated carbocycles. The molecule has 0 bridgehead atoms. The molecule has 0 aliphatic rings. The molecule has 2 aromatic rings. The molecular formula is C15H11ClF3NO2S. The Morgan fingerprint density at radius 1 is 1.13 bits per heavy atom. The van der Waals surface area contributed by atoms with Crippen molar-refractivity contribution in [3.63, 3.8) is 0 Å². The Labute approximate surface area is 137 Å². The molecule has 0 radical (unpaired) electrons. The van der Waals surface area contributed by atoms with Gasteiger partial charge in [0.15, 0.2) is 0 Å². The maximum absolute atomic E-state index is 12.6. The van der Waals surface area contributed by atoms with E-state index in [4.69, 9.17) is 11.6 Å². The number of hydrogen-bond acceptors (Lipinski definition) is 2. The van der Waals surface area contributed by atoms with E-state index in [0.29, 0.717) is 10.7 Å². The van der Waals surface area contributed by atoms with Gasteiger partial charge in [0.25, 0.3) is 0 Å². The molecule has 0 spiro atoms. The fourth-order valence-electron chi connectivity index (χ4n) is 1.77. The van der Waals surface area contributed by atoms with Crippen LogP contribution in [0, 0.1) is 0 Å².